The third-order valence-corrected chi connectivity index (χ3v) is 3.74. The van der Waals surface area contributed by atoms with E-state index in [-0.39, 0.29) is 12.5 Å². The molecule has 1 fully saturated rings. The van der Waals surface area contributed by atoms with Gasteiger partial charge in [0.2, 0.25) is 0 Å². The molecule has 1 saturated heterocycles. The molecule has 1 aromatic carbocycles. The summed E-state index contributed by atoms with van der Waals surface area (Å²) in [5.74, 6) is 5.54. The van der Waals surface area contributed by atoms with E-state index in [2.05, 4.69) is 18.8 Å². The lowest BCUT2D eigenvalue weighted by Gasteiger charge is -2.27. The number of benzene rings is 1. The molecule has 1 aromatic rings. The van der Waals surface area contributed by atoms with Crippen LogP contribution in [0.1, 0.15) is 48.5 Å². The van der Waals surface area contributed by atoms with Crippen molar-refractivity contribution >= 4 is 5.91 Å². The van der Waals surface area contributed by atoms with E-state index < -0.39 is 0 Å². The Morgan fingerprint density at radius 3 is 3.05 bits per heavy atom. The van der Waals surface area contributed by atoms with E-state index in [0.717, 1.165) is 24.9 Å². The number of rotatable bonds is 1. The maximum absolute atomic E-state index is 12.6. The zero-order valence-corrected chi connectivity index (χ0v) is 11.9. The summed E-state index contributed by atoms with van der Waals surface area (Å²) in [6.07, 6.45) is 4.57. The SMILES string of the molecule is CC1CCCCCN1C(=O)c1cccc(C#CCO)c1. The van der Waals surface area contributed by atoms with Crippen LogP contribution in [-0.4, -0.2) is 35.1 Å². The van der Waals surface area contributed by atoms with Crippen LogP contribution in [0.5, 0.6) is 0 Å². The van der Waals surface area contributed by atoms with Gasteiger partial charge >= 0.3 is 0 Å². The maximum atomic E-state index is 12.6. The van der Waals surface area contributed by atoms with Crippen molar-refractivity contribution < 1.29 is 9.90 Å². The van der Waals surface area contributed by atoms with Gasteiger partial charge in [0, 0.05) is 23.7 Å². The Balaban J connectivity index is 2.19. The molecule has 106 valence electrons. The molecular weight excluding hydrogens is 250 g/mol. The Morgan fingerprint density at radius 1 is 1.40 bits per heavy atom. The van der Waals surface area contributed by atoms with Gasteiger partial charge in [0.25, 0.3) is 5.91 Å². The van der Waals surface area contributed by atoms with E-state index in [1.807, 2.05) is 29.2 Å². The fourth-order valence-electron chi connectivity index (χ4n) is 2.61. The lowest BCUT2D eigenvalue weighted by atomic mass is 10.1. The molecule has 2 rings (SSSR count). The molecule has 1 amide bonds. The first kappa shape index (κ1) is 14.6. The topological polar surface area (TPSA) is 40.5 Å². The van der Waals surface area contributed by atoms with Crippen molar-refractivity contribution in [3.63, 3.8) is 0 Å². The molecule has 3 nitrogen and oxygen atoms in total. The number of nitrogens with zero attached hydrogens (tertiary/aromatic N) is 1. The number of likely N-dealkylation sites (tertiary alicyclic amines) is 1. The van der Waals surface area contributed by atoms with Crippen LogP contribution in [0.25, 0.3) is 0 Å². The Bertz CT molecular complexity index is 527. The molecule has 3 heteroatoms. The third kappa shape index (κ3) is 3.61. The molecule has 20 heavy (non-hydrogen) atoms. The molecule has 1 heterocycles. The highest BCUT2D eigenvalue weighted by Gasteiger charge is 2.22. The highest BCUT2D eigenvalue weighted by molar-refractivity contribution is 5.94. The Hall–Kier alpha value is -1.79. The van der Waals surface area contributed by atoms with Crippen molar-refractivity contribution in [2.75, 3.05) is 13.2 Å². The van der Waals surface area contributed by atoms with Crippen molar-refractivity contribution in [2.45, 2.75) is 38.6 Å². The van der Waals surface area contributed by atoms with Crippen molar-refractivity contribution in [2.24, 2.45) is 0 Å². The number of carbonyl (C=O) groups is 1. The summed E-state index contributed by atoms with van der Waals surface area (Å²) in [7, 11) is 0. The van der Waals surface area contributed by atoms with Crippen LogP contribution in [-0.2, 0) is 0 Å². The average Bonchev–Trinajstić information content (AvgIpc) is 2.69. The van der Waals surface area contributed by atoms with Crippen molar-refractivity contribution in [1.29, 1.82) is 0 Å². The highest BCUT2D eigenvalue weighted by Crippen LogP contribution is 2.19. The van der Waals surface area contributed by atoms with Crippen molar-refractivity contribution in [3.8, 4) is 11.8 Å². The monoisotopic (exact) mass is 271 g/mol. The number of carbonyl (C=O) groups excluding carboxylic acids is 1. The van der Waals surface area contributed by atoms with Crippen LogP contribution in [0.4, 0.5) is 0 Å². The van der Waals surface area contributed by atoms with Gasteiger partial charge in [-0.15, -0.1) is 0 Å². The van der Waals surface area contributed by atoms with Gasteiger partial charge < -0.3 is 10.0 Å². The first-order valence-electron chi connectivity index (χ1n) is 7.23. The summed E-state index contributed by atoms with van der Waals surface area (Å²) >= 11 is 0. The summed E-state index contributed by atoms with van der Waals surface area (Å²) in [6.45, 7) is 2.80. The van der Waals surface area contributed by atoms with E-state index in [0.29, 0.717) is 11.6 Å². The fraction of sp³-hybridized carbons (Fsp3) is 0.471. The molecule has 0 aliphatic carbocycles. The van der Waals surface area contributed by atoms with Gasteiger partial charge in [0.1, 0.15) is 6.61 Å². The second-order valence-electron chi connectivity index (χ2n) is 5.24. The smallest absolute Gasteiger partial charge is 0.254 e. The lowest BCUT2D eigenvalue weighted by molar-refractivity contribution is 0.0698. The van der Waals surface area contributed by atoms with Gasteiger partial charge in [-0.25, -0.2) is 0 Å². The number of aliphatic hydroxyl groups excluding tert-OH is 1. The van der Waals surface area contributed by atoms with E-state index in [4.69, 9.17) is 5.11 Å². The van der Waals surface area contributed by atoms with E-state index in [1.54, 1.807) is 0 Å². The third-order valence-electron chi connectivity index (χ3n) is 3.74. The highest BCUT2D eigenvalue weighted by atomic mass is 16.2. The predicted molar refractivity (Wildman–Crippen MR) is 79.4 cm³/mol. The molecule has 0 aromatic heterocycles. The number of hydrogen-bond acceptors (Lipinski definition) is 2. The van der Waals surface area contributed by atoms with Gasteiger partial charge in [-0.2, -0.15) is 0 Å². The molecule has 1 aliphatic rings. The molecule has 0 saturated carbocycles. The van der Waals surface area contributed by atoms with Crippen LogP contribution in [0.15, 0.2) is 24.3 Å². The van der Waals surface area contributed by atoms with Crippen LogP contribution in [0.3, 0.4) is 0 Å². The van der Waals surface area contributed by atoms with Crippen LogP contribution >= 0.6 is 0 Å². The number of amides is 1. The Labute approximate surface area is 120 Å². The van der Waals surface area contributed by atoms with Gasteiger partial charge in [-0.05, 0) is 38.0 Å². The summed E-state index contributed by atoms with van der Waals surface area (Å²) in [5.41, 5.74) is 1.45. The fourth-order valence-corrected chi connectivity index (χ4v) is 2.61. The van der Waals surface area contributed by atoms with E-state index >= 15 is 0 Å². The largest absolute Gasteiger partial charge is 0.384 e. The zero-order chi connectivity index (χ0) is 14.4. The standard InChI is InChI=1S/C17H21NO2/c1-14-7-3-2-4-11-18(14)17(20)16-10-5-8-15(13-16)9-6-12-19/h5,8,10,13-14,19H,2-4,7,11-12H2,1H3. The number of aliphatic hydroxyl groups is 1. The minimum absolute atomic E-state index is 0.0899. The van der Waals surface area contributed by atoms with Crippen molar-refractivity contribution in [3.05, 3.63) is 35.4 Å². The Kier molecular flexibility index (Phi) is 5.20. The van der Waals surface area contributed by atoms with Crippen molar-refractivity contribution in [1.82, 2.24) is 4.90 Å². The van der Waals surface area contributed by atoms with Crippen LogP contribution in [0, 0.1) is 11.8 Å². The summed E-state index contributed by atoms with van der Waals surface area (Å²) in [4.78, 5) is 14.6. The minimum Gasteiger partial charge on any atom is -0.384 e. The van der Waals surface area contributed by atoms with Gasteiger partial charge in [-0.1, -0.05) is 30.7 Å². The molecular formula is C17H21NO2. The zero-order valence-electron chi connectivity index (χ0n) is 11.9. The molecule has 0 radical (unpaired) electrons. The predicted octanol–water partition coefficient (Wildman–Crippen LogP) is 2.44. The first-order valence-corrected chi connectivity index (χ1v) is 7.23. The molecule has 0 bridgehead atoms. The molecule has 1 atom stereocenters. The van der Waals surface area contributed by atoms with Crippen LogP contribution in [0.2, 0.25) is 0 Å². The summed E-state index contributed by atoms with van der Waals surface area (Å²) in [6, 6.07) is 7.65. The molecule has 1 aliphatic heterocycles. The van der Waals surface area contributed by atoms with Gasteiger partial charge in [0.15, 0.2) is 0 Å². The van der Waals surface area contributed by atoms with Gasteiger partial charge in [0.05, 0.1) is 0 Å². The molecule has 1 unspecified atom stereocenters. The number of hydrogen-bond donors (Lipinski definition) is 1. The average molecular weight is 271 g/mol. The second-order valence-corrected chi connectivity index (χ2v) is 5.24. The summed E-state index contributed by atoms with van der Waals surface area (Å²) in [5, 5.41) is 8.73. The molecule has 0 spiro atoms. The van der Waals surface area contributed by atoms with Crippen LogP contribution < -0.4 is 0 Å². The second kappa shape index (κ2) is 7.12. The van der Waals surface area contributed by atoms with E-state index in [9.17, 15) is 4.79 Å². The normalized spacial score (nSPS) is 18.9. The Morgan fingerprint density at radius 2 is 2.25 bits per heavy atom. The van der Waals surface area contributed by atoms with Gasteiger partial charge in [-0.3, -0.25) is 4.79 Å². The lowest BCUT2D eigenvalue weighted by Crippen LogP contribution is -2.38. The first-order chi connectivity index (χ1) is 9.72. The summed E-state index contributed by atoms with van der Waals surface area (Å²) < 4.78 is 0. The molecule has 1 N–H and O–H groups in total. The minimum atomic E-state index is -0.165. The quantitative estimate of drug-likeness (QED) is 0.797. The van der Waals surface area contributed by atoms with E-state index in [1.165, 1.54) is 12.8 Å². The maximum Gasteiger partial charge on any atom is 0.254 e.